The van der Waals surface area contributed by atoms with Gasteiger partial charge in [-0.15, -0.1) is 0 Å². The molecule has 2 rings (SSSR count). The fraction of sp³-hybridized carbons (Fsp3) is 0.636. The molecule has 82 valence electrons. The first-order valence-electron chi connectivity index (χ1n) is 5.15. The van der Waals surface area contributed by atoms with Gasteiger partial charge in [-0.1, -0.05) is 6.58 Å². The molecule has 1 saturated heterocycles. The second-order valence-electron chi connectivity index (χ2n) is 4.21. The zero-order chi connectivity index (χ0) is 11.0. The van der Waals surface area contributed by atoms with Crippen LogP contribution >= 0.6 is 0 Å². The lowest BCUT2D eigenvalue weighted by Crippen LogP contribution is -2.33. The van der Waals surface area contributed by atoms with Crippen LogP contribution in [-0.2, 0) is 19.1 Å². The predicted molar refractivity (Wildman–Crippen MR) is 51.9 cm³/mol. The fourth-order valence-electron chi connectivity index (χ4n) is 2.06. The summed E-state index contributed by atoms with van der Waals surface area (Å²) in [7, 11) is 0. The number of fused-ring (bicyclic) bond motifs is 2. The summed E-state index contributed by atoms with van der Waals surface area (Å²) >= 11 is 0. The van der Waals surface area contributed by atoms with E-state index in [2.05, 4.69) is 6.58 Å². The van der Waals surface area contributed by atoms with E-state index in [9.17, 15) is 9.59 Å². The van der Waals surface area contributed by atoms with Crippen LogP contribution in [0.4, 0.5) is 0 Å². The smallest absolute Gasteiger partial charge is 0.333 e. The first kappa shape index (κ1) is 10.2. The van der Waals surface area contributed by atoms with E-state index in [-0.39, 0.29) is 24.1 Å². The molecule has 1 saturated carbocycles. The summed E-state index contributed by atoms with van der Waals surface area (Å²) in [6, 6.07) is 0. The quantitative estimate of drug-likeness (QED) is 0.507. The maximum Gasteiger partial charge on any atom is 0.333 e. The van der Waals surface area contributed by atoms with Crippen molar-refractivity contribution in [2.45, 2.75) is 38.4 Å². The minimum absolute atomic E-state index is 0.0229. The van der Waals surface area contributed by atoms with Crippen molar-refractivity contribution < 1.29 is 19.1 Å². The highest BCUT2D eigenvalue weighted by Gasteiger charge is 2.44. The lowest BCUT2D eigenvalue weighted by Gasteiger charge is -2.25. The summed E-state index contributed by atoms with van der Waals surface area (Å²) < 4.78 is 10.3. The van der Waals surface area contributed by atoms with Crippen LogP contribution in [0.15, 0.2) is 12.2 Å². The third-order valence-electron chi connectivity index (χ3n) is 2.94. The molecule has 15 heavy (non-hydrogen) atoms. The van der Waals surface area contributed by atoms with Crippen molar-refractivity contribution in [2.75, 3.05) is 0 Å². The highest BCUT2D eigenvalue weighted by atomic mass is 16.6. The van der Waals surface area contributed by atoms with Crippen molar-refractivity contribution >= 4 is 11.9 Å². The first-order valence-corrected chi connectivity index (χ1v) is 5.15. The van der Waals surface area contributed by atoms with Gasteiger partial charge in [-0.05, 0) is 19.8 Å². The second-order valence-corrected chi connectivity index (χ2v) is 4.21. The van der Waals surface area contributed by atoms with Gasteiger partial charge in [0.15, 0.2) is 0 Å². The SMILES string of the molecule is C=C(C)C(=O)OC1CC[C@@H]2CC1OC2=O. The third kappa shape index (κ3) is 1.89. The van der Waals surface area contributed by atoms with Gasteiger partial charge in [0, 0.05) is 12.0 Å². The minimum Gasteiger partial charge on any atom is -0.458 e. The lowest BCUT2D eigenvalue weighted by molar-refractivity contribution is -0.157. The molecule has 0 aromatic rings. The standard InChI is InChI=1S/C11H14O4/c1-6(2)10(12)14-8-4-3-7-5-9(8)15-11(7)13/h7-9H,1,3-5H2,2H3/t7-,8?,9?/m1/s1. The molecule has 0 amide bonds. The van der Waals surface area contributed by atoms with E-state index in [0.29, 0.717) is 18.4 Å². The Bertz CT molecular complexity index is 321. The van der Waals surface area contributed by atoms with Crippen molar-refractivity contribution in [1.29, 1.82) is 0 Å². The number of carbonyl (C=O) groups excluding carboxylic acids is 2. The Hall–Kier alpha value is -1.32. The molecule has 4 nitrogen and oxygen atoms in total. The van der Waals surface area contributed by atoms with Gasteiger partial charge in [-0.2, -0.15) is 0 Å². The Labute approximate surface area is 88.2 Å². The van der Waals surface area contributed by atoms with Gasteiger partial charge in [-0.3, -0.25) is 4.79 Å². The molecule has 4 heteroatoms. The van der Waals surface area contributed by atoms with Crippen molar-refractivity contribution in [1.82, 2.24) is 0 Å². The van der Waals surface area contributed by atoms with Gasteiger partial charge in [-0.25, -0.2) is 4.79 Å². The first-order chi connectivity index (χ1) is 7.08. The molecule has 1 aliphatic heterocycles. The molecule has 2 bridgehead atoms. The van der Waals surface area contributed by atoms with Crippen molar-refractivity contribution in [3.63, 3.8) is 0 Å². The second kappa shape index (κ2) is 3.68. The molecule has 1 heterocycles. The van der Waals surface area contributed by atoms with Crippen molar-refractivity contribution in [3.05, 3.63) is 12.2 Å². The zero-order valence-corrected chi connectivity index (χ0v) is 8.69. The normalized spacial score (nSPS) is 33.4. The summed E-state index contributed by atoms with van der Waals surface area (Å²) in [6.07, 6.45) is 1.63. The van der Waals surface area contributed by atoms with E-state index in [0.717, 1.165) is 6.42 Å². The molecule has 0 spiro atoms. The lowest BCUT2D eigenvalue weighted by atomic mass is 9.88. The number of esters is 2. The van der Waals surface area contributed by atoms with Crippen LogP contribution in [-0.4, -0.2) is 24.1 Å². The van der Waals surface area contributed by atoms with Crippen LogP contribution in [0.25, 0.3) is 0 Å². The molecular formula is C11H14O4. The van der Waals surface area contributed by atoms with Gasteiger partial charge in [0.2, 0.25) is 0 Å². The van der Waals surface area contributed by atoms with Crippen molar-refractivity contribution in [2.24, 2.45) is 5.92 Å². The molecule has 2 unspecified atom stereocenters. The Kier molecular flexibility index (Phi) is 2.50. The predicted octanol–water partition coefficient (Wildman–Crippen LogP) is 1.20. The summed E-state index contributed by atoms with van der Waals surface area (Å²) in [6.45, 7) is 5.12. The van der Waals surface area contributed by atoms with Crippen LogP contribution in [0, 0.1) is 5.92 Å². The van der Waals surface area contributed by atoms with Gasteiger partial charge < -0.3 is 9.47 Å². The van der Waals surface area contributed by atoms with Crippen LogP contribution in [0.3, 0.4) is 0 Å². The number of ether oxygens (including phenoxy) is 2. The topological polar surface area (TPSA) is 52.6 Å². The Morgan fingerprint density at radius 1 is 1.53 bits per heavy atom. The monoisotopic (exact) mass is 210 g/mol. The molecule has 2 aliphatic rings. The number of hydrogen-bond acceptors (Lipinski definition) is 4. The van der Waals surface area contributed by atoms with Gasteiger partial charge >= 0.3 is 11.9 Å². The van der Waals surface area contributed by atoms with Crippen LogP contribution in [0.2, 0.25) is 0 Å². The van der Waals surface area contributed by atoms with E-state index in [4.69, 9.17) is 9.47 Å². The summed E-state index contributed by atoms with van der Waals surface area (Å²) in [4.78, 5) is 22.5. The average molecular weight is 210 g/mol. The van der Waals surface area contributed by atoms with E-state index in [1.165, 1.54) is 0 Å². The zero-order valence-electron chi connectivity index (χ0n) is 8.69. The summed E-state index contributed by atoms with van der Waals surface area (Å²) in [5.74, 6) is -0.523. The summed E-state index contributed by atoms with van der Waals surface area (Å²) in [5.41, 5.74) is 0.376. The van der Waals surface area contributed by atoms with Gasteiger partial charge in [0.25, 0.3) is 0 Å². The van der Waals surface area contributed by atoms with Crippen LogP contribution in [0.1, 0.15) is 26.2 Å². The number of rotatable bonds is 2. The maximum atomic E-state index is 11.3. The molecule has 1 aliphatic carbocycles. The Balaban J connectivity index is 1.97. The highest BCUT2D eigenvalue weighted by molar-refractivity contribution is 5.87. The molecule has 3 atom stereocenters. The van der Waals surface area contributed by atoms with Gasteiger partial charge in [0.1, 0.15) is 12.2 Å². The third-order valence-corrected chi connectivity index (χ3v) is 2.94. The molecule has 0 aromatic carbocycles. The molecule has 0 aromatic heterocycles. The van der Waals surface area contributed by atoms with Crippen molar-refractivity contribution in [3.8, 4) is 0 Å². The minimum atomic E-state index is -0.401. The molecule has 0 radical (unpaired) electrons. The van der Waals surface area contributed by atoms with E-state index < -0.39 is 5.97 Å². The number of carbonyl (C=O) groups is 2. The molecule has 2 fully saturated rings. The van der Waals surface area contributed by atoms with Gasteiger partial charge in [0.05, 0.1) is 5.92 Å². The molecule has 0 N–H and O–H groups in total. The van der Waals surface area contributed by atoms with E-state index >= 15 is 0 Å². The number of hydrogen-bond donors (Lipinski definition) is 0. The Morgan fingerprint density at radius 2 is 2.27 bits per heavy atom. The van der Waals surface area contributed by atoms with Crippen LogP contribution in [0.5, 0.6) is 0 Å². The largest absolute Gasteiger partial charge is 0.458 e. The maximum absolute atomic E-state index is 11.3. The summed E-state index contributed by atoms with van der Waals surface area (Å²) in [5, 5.41) is 0. The van der Waals surface area contributed by atoms with E-state index in [1.807, 2.05) is 0 Å². The molecular weight excluding hydrogens is 196 g/mol. The average Bonchev–Trinajstić information content (AvgIpc) is 2.48. The van der Waals surface area contributed by atoms with E-state index in [1.54, 1.807) is 6.92 Å². The fourth-order valence-corrected chi connectivity index (χ4v) is 2.06. The van der Waals surface area contributed by atoms with Crippen LogP contribution < -0.4 is 0 Å². The highest BCUT2D eigenvalue weighted by Crippen LogP contribution is 2.35. The Morgan fingerprint density at radius 3 is 2.93 bits per heavy atom.